The lowest BCUT2D eigenvalue weighted by atomic mass is 10.0. The summed E-state index contributed by atoms with van der Waals surface area (Å²) in [6, 6.07) is 20.6. The second-order valence-electron chi connectivity index (χ2n) is 5.36. The number of nitrogens with two attached hydrogens (primary N) is 1. The summed E-state index contributed by atoms with van der Waals surface area (Å²) in [5.41, 5.74) is 8.18. The molecule has 4 nitrogen and oxygen atoms in total. The van der Waals surface area contributed by atoms with Gasteiger partial charge in [-0.3, -0.25) is 4.79 Å². The molecule has 3 aromatic rings. The Hall–Kier alpha value is -2.66. The second kappa shape index (κ2) is 7.27. The van der Waals surface area contributed by atoms with Crippen molar-refractivity contribution in [1.29, 1.82) is 0 Å². The average Bonchev–Trinajstić information content (AvgIpc) is 2.60. The van der Waals surface area contributed by atoms with Crippen LogP contribution in [0.25, 0.3) is 0 Å². The van der Waals surface area contributed by atoms with E-state index in [1.807, 2.05) is 67.6 Å². The summed E-state index contributed by atoms with van der Waals surface area (Å²) in [5, 5.41) is 0.0837. The molecule has 0 radical (unpaired) electrons. The van der Waals surface area contributed by atoms with E-state index in [-0.39, 0.29) is 5.78 Å². The number of anilines is 1. The Morgan fingerprint density at radius 1 is 1.00 bits per heavy atom. The molecule has 1 heterocycles. The third-order valence-corrected chi connectivity index (χ3v) is 4.59. The number of ketones is 1. The van der Waals surface area contributed by atoms with Crippen LogP contribution in [0.2, 0.25) is 0 Å². The van der Waals surface area contributed by atoms with Gasteiger partial charge in [-0.2, -0.15) is 0 Å². The highest BCUT2D eigenvalue weighted by atomic mass is 32.2. The van der Waals surface area contributed by atoms with Crippen molar-refractivity contribution in [1.82, 2.24) is 9.97 Å². The van der Waals surface area contributed by atoms with E-state index in [1.54, 1.807) is 6.07 Å². The first-order valence-corrected chi connectivity index (χ1v) is 8.43. The molecular formula is C19H17N3OS. The van der Waals surface area contributed by atoms with E-state index in [4.69, 9.17) is 5.73 Å². The quantitative estimate of drug-likeness (QED) is 0.432. The highest BCUT2D eigenvalue weighted by Gasteiger charge is 2.24. The topological polar surface area (TPSA) is 68.9 Å². The van der Waals surface area contributed by atoms with Gasteiger partial charge in [0, 0.05) is 17.3 Å². The number of nitrogen functional groups attached to an aromatic ring is 1. The van der Waals surface area contributed by atoms with E-state index < -0.39 is 5.25 Å². The van der Waals surface area contributed by atoms with Crippen LogP contribution in [-0.2, 0) is 0 Å². The van der Waals surface area contributed by atoms with Gasteiger partial charge in [-0.1, -0.05) is 72.4 Å². The summed E-state index contributed by atoms with van der Waals surface area (Å²) < 4.78 is 0. The molecule has 2 aromatic carbocycles. The molecule has 0 aliphatic carbocycles. The fraction of sp³-hybridized carbons (Fsp3) is 0.105. The maximum absolute atomic E-state index is 13.0. The van der Waals surface area contributed by atoms with E-state index in [0.717, 1.165) is 11.3 Å². The minimum atomic E-state index is -0.421. The van der Waals surface area contributed by atoms with Crippen molar-refractivity contribution in [2.24, 2.45) is 0 Å². The molecule has 0 amide bonds. The summed E-state index contributed by atoms with van der Waals surface area (Å²) in [4.78, 5) is 21.7. The van der Waals surface area contributed by atoms with Gasteiger partial charge in [0.15, 0.2) is 10.9 Å². The third-order valence-electron chi connectivity index (χ3n) is 3.48. The van der Waals surface area contributed by atoms with Crippen LogP contribution in [0, 0.1) is 6.92 Å². The van der Waals surface area contributed by atoms with Crippen LogP contribution in [0.15, 0.2) is 71.9 Å². The van der Waals surface area contributed by atoms with Crippen molar-refractivity contribution < 1.29 is 4.79 Å². The van der Waals surface area contributed by atoms with Gasteiger partial charge in [-0.25, -0.2) is 9.97 Å². The van der Waals surface area contributed by atoms with Gasteiger partial charge in [0.05, 0.1) is 0 Å². The first-order chi connectivity index (χ1) is 11.6. The van der Waals surface area contributed by atoms with Gasteiger partial charge in [0.1, 0.15) is 11.1 Å². The number of rotatable bonds is 5. The Labute approximate surface area is 145 Å². The fourth-order valence-electron chi connectivity index (χ4n) is 2.38. The van der Waals surface area contributed by atoms with Crippen molar-refractivity contribution in [2.45, 2.75) is 17.3 Å². The second-order valence-corrected chi connectivity index (χ2v) is 6.43. The lowest BCUT2D eigenvalue weighted by Crippen LogP contribution is -2.11. The van der Waals surface area contributed by atoms with Gasteiger partial charge in [-0.05, 0) is 12.5 Å². The van der Waals surface area contributed by atoms with E-state index >= 15 is 0 Å². The van der Waals surface area contributed by atoms with E-state index in [0.29, 0.717) is 16.5 Å². The smallest absolute Gasteiger partial charge is 0.190 e. The number of aryl methyl sites for hydroxylation is 1. The van der Waals surface area contributed by atoms with Gasteiger partial charge in [0.25, 0.3) is 0 Å². The molecule has 2 N–H and O–H groups in total. The SMILES string of the molecule is Cc1cc(N)nc(SC(C(=O)c2ccccc2)c2ccccc2)n1. The van der Waals surface area contributed by atoms with Crippen molar-refractivity contribution in [3.63, 3.8) is 0 Å². The average molecular weight is 335 g/mol. The number of benzene rings is 2. The van der Waals surface area contributed by atoms with E-state index in [9.17, 15) is 4.79 Å². The molecule has 0 aliphatic heterocycles. The van der Waals surface area contributed by atoms with Crippen LogP contribution in [0.5, 0.6) is 0 Å². The molecule has 1 atom stereocenters. The number of hydrogen-bond donors (Lipinski definition) is 1. The van der Waals surface area contributed by atoms with Crippen molar-refractivity contribution in [3.05, 3.63) is 83.6 Å². The standard InChI is InChI=1S/C19H17N3OS/c1-13-12-16(20)22-19(21-13)24-18(15-10-6-3-7-11-15)17(23)14-8-4-2-5-9-14/h2-12,18H,1H3,(H2,20,21,22). The minimum absolute atomic E-state index is 0.0236. The zero-order chi connectivity index (χ0) is 16.9. The number of nitrogens with zero attached hydrogens (tertiary/aromatic N) is 2. The van der Waals surface area contributed by atoms with E-state index in [1.165, 1.54) is 11.8 Å². The normalized spacial score (nSPS) is 11.9. The molecular weight excluding hydrogens is 318 g/mol. The minimum Gasteiger partial charge on any atom is -0.384 e. The Morgan fingerprint density at radius 2 is 1.62 bits per heavy atom. The first-order valence-electron chi connectivity index (χ1n) is 7.55. The first kappa shape index (κ1) is 16.2. The summed E-state index contributed by atoms with van der Waals surface area (Å²) >= 11 is 1.32. The molecule has 0 aliphatic rings. The Kier molecular flexibility index (Phi) is 4.91. The fourth-order valence-corrected chi connectivity index (χ4v) is 3.48. The molecule has 24 heavy (non-hydrogen) atoms. The monoisotopic (exact) mass is 335 g/mol. The van der Waals surface area contributed by atoms with Crippen LogP contribution in [0.1, 0.15) is 26.9 Å². The molecule has 0 bridgehead atoms. The van der Waals surface area contributed by atoms with Crippen LogP contribution in [0.3, 0.4) is 0 Å². The lowest BCUT2D eigenvalue weighted by Gasteiger charge is -2.15. The number of carbonyl (C=O) groups is 1. The molecule has 3 rings (SSSR count). The highest BCUT2D eigenvalue weighted by Crippen LogP contribution is 2.36. The molecule has 1 aromatic heterocycles. The molecule has 120 valence electrons. The number of carbonyl (C=O) groups excluding carboxylic acids is 1. The number of aromatic nitrogens is 2. The summed E-state index contributed by atoms with van der Waals surface area (Å²) in [7, 11) is 0. The Bertz CT molecular complexity index is 817. The lowest BCUT2D eigenvalue weighted by molar-refractivity contribution is 0.0989. The van der Waals surface area contributed by atoms with Crippen LogP contribution in [-0.4, -0.2) is 15.8 Å². The van der Waals surface area contributed by atoms with Crippen molar-refractivity contribution >= 4 is 23.4 Å². The zero-order valence-electron chi connectivity index (χ0n) is 13.2. The third kappa shape index (κ3) is 3.81. The largest absolute Gasteiger partial charge is 0.384 e. The predicted molar refractivity (Wildman–Crippen MR) is 97.0 cm³/mol. The van der Waals surface area contributed by atoms with Crippen molar-refractivity contribution in [2.75, 3.05) is 5.73 Å². The molecule has 0 saturated heterocycles. The molecule has 0 fully saturated rings. The van der Waals surface area contributed by atoms with Gasteiger partial charge < -0.3 is 5.73 Å². The maximum atomic E-state index is 13.0. The van der Waals surface area contributed by atoms with E-state index in [2.05, 4.69) is 9.97 Å². The molecule has 5 heteroatoms. The highest BCUT2D eigenvalue weighted by molar-refractivity contribution is 8.00. The number of Topliss-reactive ketones (excluding diaryl/α,β-unsaturated/α-hetero) is 1. The predicted octanol–water partition coefficient (Wildman–Crippen LogP) is 4.08. The van der Waals surface area contributed by atoms with Crippen LogP contribution < -0.4 is 5.73 Å². The van der Waals surface area contributed by atoms with Gasteiger partial charge in [0.2, 0.25) is 0 Å². The summed E-state index contributed by atoms with van der Waals surface area (Å²) in [6.45, 7) is 1.86. The molecule has 0 spiro atoms. The summed E-state index contributed by atoms with van der Waals surface area (Å²) in [6.07, 6.45) is 0. The van der Waals surface area contributed by atoms with Gasteiger partial charge in [-0.15, -0.1) is 0 Å². The zero-order valence-corrected chi connectivity index (χ0v) is 14.0. The Balaban J connectivity index is 1.98. The number of hydrogen-bond acceptors (Lipinski definition) is 5. The van der Waals surface area contributed by atoms with Crippen LogP contribution in [0.4, 0.5) is 5.82 Å². The van der Waals surface area contributed by atoms with Gasteiger partial charge >= 0.3 is 0 Å². The van der Waals surface area contributed by atoms with Crippen molar-refractivity contribution in [3.8, 4) is 0 Å². The van der Waals surface area contributed by atoms with Crippen LogP contribution >= 0.6 is 11.8 Å². The Morgan fingerprint density at radius 3 is 2.25 bits per heavy atom. The number of thioether (sulfide) groups is 1. The molecule has 1 unspecified atom stereocenters. The molecule has 0 saturated carbocycles. The maximum Gasteiger partial charge on any atom is 0.190 e. The summed E-state index contributed by atoms with van der Waals surface area (Å²) in [5.74, 6) is 0.430.